The van der Waals surface area contributed by atoms with Crippen molar-refractivity contribution in [3.8, 4) is 0 Å². The van der Waals surface area contributed by atoms with Gasteiger partial charge in [0, 0.05) is 15.3 Å². The van der Waals surface area contributed by atoms with E-state index in [1.165, 1.54) is 4.88 Å². The average Bonchev–Trinajstić information content (AvgIpc) is 2.96. The Morgan fingerprint density at radius 1 is 1.35 bits per heavy atom. The molecule has 1 aromatic carbocycles. The van der Waals surface area contributed by atoms with Gasteiger partial charge in [-0.3, -0.25) is 4.68 Å². The highest BCUT2D eigenvalue weighted by Crippen LogP contribution is 2.27. The van der Waals surface area contributed by atoms with Gasteiger partial charge in [-0.25, -0.2) is 0 Å². The summed E-state index contributed by atoms with van der Waals surface area (Å²) in [5.41, 5.74) is 1.12. The minimum absolute atomic E-state index is 0.258. The second-order valence-electron chi connectivity index (χ2n) is 3.98. The topological polar surface area (TPSA) is 17.8 Å². The van der Waals surface area contributed by atoms with Crippen molar-refractivity contribution in [2.75, 3.05) is 0 Å². The van der Waals surface area contributed by atoms with Gasteiger partial charge in [0.2, 0.25) is 0 Å². The predicted molar refractivity (Wildman–Crippen MR) is 72.9 cm³/mol. The zero-order valence-corrected chi connectivity index (χ0v) is 10.9. The SMILES string of the molecule is CC(c1cccs1)n1ncc2cc(Cl)ccc21. The minimum atomic E-state index is 0.258. The molecule has 4 heteroatoms. The number of benzene rings is 1. The molecular weight excluding hydrogens is 252 g/mol. The lowest BCUT2D eigenvalue weighted by atomic mass is 10.2. The molecule has 0 bridgehead atoms. The van der Waals surface area contributed by atoms with Crippen LogP contribution in [0.15, 0.2) is 41.9 Å². The molecule has 0 amide bonds. The van der Waals surface area contributed by atoms with Crippen LogP contribution in [0.3, 0.4) is 0 Å². The van der Waals surface area contributed by atoms with Crippen LogP contribution in [-0.2, 0) is 0 Å². The van der Waals surface area contributed by atoms with Gasteiger partial charge in [0.05, 0.1) is 17.8 Å². The highest BCUT2D eigenvalue weighted by Gasteiger charge is 2.12. The number of thiophene rings is 1. The molecule has 1 unspecified atom stereocenters. The maximum Gasteiger partial charge on any atom is 0.0839 e. The summed E-state index contributed by atoms with van der Waals surface area (Å²) in [7, 11) is 0. The molecule has 2 nitrogen and oxygen atoms in total. The summed E-state index contributed by atoms with van der Waals surface area (Å²) in [5, 5.41) is 8.38. The smallest absolute Gasteiger partial charge is 0.0839 e. The third-order valence-electron chi connectivity index (χ3n) is 2.88. The molecule has 0 aliphatic heterocycles. The average molecular weight is 263 g/mol. The highest BCUT2D eigenvalue weighted by atomic mass is 35.5. The van der Waals surface area contributed by atoms with E-state index in [1.807, 2.05) is 29.1 Å². The van der Waals surface area contributed by atoms with Crippen LogP contribution in [0.2, 0.25) is 5.02 Å². The van der Waals surface area contributed by atoms with Crippen LogP contribution >= 0.6 is 22.9 Å². The largest absolute Gasteiger partial charge is 0.257 e. The Morgan fingerprint density at radius 3 is 3.00 bits per heavy atom. The Balaban J connectivity index is 2.12. The second kappa shape index (κ2) is 4.17. The number of rotatable bonds is 2. The molecule has 3 rings (SSSR count). The van der Waals surface area contributed by atoms with Gasteiger partial charge in [-0.05, 0) is 36.6 Å². The van der Waals surface area contributed by atoms with Gasteiger partial charge in [-0.15, -0.1) is 11.3 Å². The fraction of sp³-hybridized carbons (Fsp3) is 0.154. The molecule has 0 N–H and O–H groups in total. The van der Waals surface area contributed by atoms with Crippen molar-refractivity contribution < 1.29 is 0 Å². The maximum atomic E-state index is 5.97. The predicted octanol–water partition coefficient (Wildman–Crippen LogP) is 4.36. The van der Waals surface area contributed by atoms with Crippen LogP contribution < -0.4 is 0 Å². The van der Waals surface area contributed by atoms with Gasteiger partial charge >= 0.3 is 0 Å². The van der Waals surface area contributed by atoms with Crippen molar-refractivity contribution in [2.45, 2.75) is 13.0 Å². The van der Waals surface area contributed by atoms with Crippen molar-refractivity contribution >= 4 is 33.8 Å². The molecule has 2 heterocycles. The first-order valence-electron chi connectivity index (χ1n) is 5.42. The summed E-state index contributed by atoms with van der Waals surface area (Å²) in [6, 6.07) is 10.3. The van der Waals surface area contributed by atoms with E-state index in [-0.39, 0.29) is 6.04 Å². The third-order valence-corrected chi connectivity index (χ3v) is 4.16. The maximum absolute atomic E-state index is 5.97. The lowest BCUT2D eigenvalue weighted by Crippen LogP contribution is -2.06. The molecule has 17 heavy (non-hydrogen) atoms. The van der Waals surface area contributed by atoms with Crippen molar-refractivity contribution in [3.63, 3.8) is 0 Å². The Bertz CT molecular complexity index is 643. The molecule has 0 fully saturated rings. The third kappa shape index (κ3) is 1.85. The van der Waals surface area contributed by atoms with Gasteiger partial charge in [-0.1, -0.05) is 17.7 Å². The first kappa shape index (κ1) is 10.8. The van der Waals surface area contributed by atoms with E-state index in [0.717, 1.165) is 15.9 Å². The quantitative estimate of drug-likeness (QED) is 0.671. The molecule has 0 aliphatic rings. The number of hydrogen-bond acceptors (Lipinski definition) is 2. The Hall–Kier alpha value is -1.32. The van der Waals surface area contributed by atoms with E-state index in [1.54, 1.807) is 11.3 Å². The van der Waals surface area contributed by atoms with Crippen LogP contribution in [-0.4, -0.2) is 9.78 Å². The fourth-order valence-corrected chi connectivity index (χ4v) is 2.93. The van der Waals surface area contributed by atoms with Crippen LogP contribution in [0.4, 0.5) is 0 Å². The van der Waals surface area contributed by atoms with Gasteiger partial charge in [0.1, 0.15) is 0 Å². The molecule has 0 aliphatic carbocycles. The zero-order valence-electron chi connectivity index (χ0n) is 9.30. The molecule has 2 aromatic heterocycles. The first-order chi connectivity index (χ1) is 8.25. The normalized spacial score (nSPS) is 13.1. The van der Waals surface area contributed by atoms with Gasteiger partial charge in [0.25, 0.3) is 0 Å². The molecule has 3 aromatic rings. The molecule has 1 atom stereocenters. The molecular formula is C13H11ClN2S. The van der Waals surface area contributed by atoms with Crippen LogP contribution in [0.5, 0.6) is 0 Å². The second-order valence-corrected chi connectivity index (χ2v) is 5.40. The molecule has 0 saturated heterocycles. The summed E-state index contributed by atoms with van der Waals surface area (Å²) in [4.78, 5) is 1.31. The Labute approximate surface area is 108 Å². The summed E-state index contributed by atoms with van der Waals surface area (Å²) in [5.74, 6) is 0. The minimum Gasteiger partial charge on any atom is -0.257 e. The van der Waals surface area contributed by atoms with E-state index in [0.29, 0.717) is 0 Å². The van der Waals surface area contributed by atoms with Gasteiger partial charge in [0.15, 0.2) is 0 Å². The van der Waals surface area contributed by atoms with Gasteiger partial charge < -0.3 is 0 Å². The van der Waals surface area contributed by atoms with E-state index >= 15 is 0 Å². The van der Waals surface area contributed by atoms with E-state index < -0.39 is 0 Å². The van der Waals surface area contributed by atoms with Crippen molar-refractivity contribution in [1.82, 2.24) is 9.78 Å². The van der Waals surface area contributed by atoms with Crippen molar-refractivity contribution in [2.24, 2.45) is 0 Å². The summed E-state index contributed by atoms with van der Waals surface area (Å²) in [6.07, 6.45) is 1.87. The summed E-state index contributed by atoms with van der Waals surface area (Å²) in [6.45, 7) is 2.16. The van der Waals surface area contributed by atoms with E-state index in [4.69, 9.17) is 11.6 Å². The van der Waals surface area contributed by atoms with Crippen LogP contribution in [0.1, 0.15) is 17.8 Å². The van der Waals surface area contributed by atoms with Crippen molar-refractivity contribution in [3.05, 3.63) is 51.8 Å². The number of nitrogens with zero attached hydrogens (tertiary/aromatic N) is 2. The molecule has 0 spiro atoms. The Kier molecular flexibility index (Phi) is 2.65. The monoisotopic (exact) mass is 262 g/mol. The lowest BCUT2D eigenvalue weighted by Gasteiger charge is -2.11. The Morgan fingerprint density at radius 2 is 2.24 bits per heavy atom. The molecule has 0 saturated carbocycles. The number of fused-ring (bicyclic) bond motifs is 1. The van der Waals surface area contributed by atoms with Crippen molar-refractivity contribution in [1.29, 1.82) is 0 Å². The fourth-order valence-electron chi connectivity index (χ4n) is 1.98. The number of aromatic nitrogens is 2. The van der Waals surface area contributed by atoms with Crippen LogP contribution in [0, 0.1) is 0 Å². The van der Waals surface area contributed by atoms with E-state index in [9.17, 15) is 0 Å². The lowest BCUT2D eigenvalue weighted by molar-refractivity contribution is 0.593. The molecule has 0 radical (unpaired) electrons. The zero-order chi connectivity index (χ0) is 11.8. The highest BCUT2D eigenvalue weighted by molar-refractivity contribution is 7.10. The molecule has 86 valence electrons. The summed E-state index contributed by atoms with van der Waals surface area (Å²) < 4.78 is 2.04. The van der Waals surface area contributed by atoms with Crippen LogP contribution in [0.25, 0.3) is 10.9 Å². The standard InChI is InChI=1S/C13H11ClN2S/c1-9(13-3-2-6-17-13)16-12-5-4-11(14)7-10(12)8-15-16/h2-9H,1H3. The number of hydrogen-bond donors (Lipinski definition) is 0. The first-order valence-corrected chi connectivity index (χ1v) is 6.67. The number of halogens is 1. The summed E-state index contributed by atoms with van der Waals surface area (Å²) >= 11 is 7.73. The van der Waals surface area contributed by atoms with E-state index in [2.05, 4.69) is 29.5 Å². The van der Waals surface area contributed by atoms with Gasteiger partial charge in [-0.2, -0.15) is 5.10 Å².